The predicted molar refractivity (Wildman–Crippen MR) is 73.5 cm³/mol. The Labute approximate surface area is 107 Å². The molecule has 1 aromatic carbocycles. The fourth-order valence-corrected chi connectivity index (χ4v) is 1.42. The molecule has 0 fully saturated rings. The van der Waals surface area contributed by atoms with Crippen molar-refractivity contribution < 1.29 is 9.53 Å². The number of primary amides is 1. The minimum Gasteiger partial charge on any atom is -0.493 e. The molecule has 18 heavy (non-hydrogen) atoms. The molecule has 0 aliphatic heterocycles. The third kappa shape index (κ3) is 3.84. The van der Waals surface area contributed by atoms with E-state index in [1.807, 2.05) is 6.92 Å². The van der Waals surface area contributed by atoms with Gasteiger partial charge in [-0.15, -0.1) is 0 Å². The van der Waals surface area contributed by atoms with E-state index >= 15 is 0 Å². The predicted octanol–water partition coefficient (Wildman–Crippen LogP) is 1.73. The minimum atomic E-state index is -0.837. The maximum Gasteiger partial charge on any atom is 0.242 e. The fraction of sp³-hybridized carbons (Fsp3) is 0.462. The van der Waals surface area contributed by atoms with Crippen molar-refractivity contribution in [1.29, 1.82) is 0 Å². The number of carbonyl (C=O) groups excluding carboxylic acids is 1. The van der Waals surface area contributed by atoms with Crippen molar-refractivity contribution in [3.63, 3.8) is 0 Å². The molecule has 0 saturated heterocycles. The van der Waals surface area contributed by atoms with Crippen LogP contribution in [0, 0.1) is 0 Å². The van der Waals surface area contributed by atoms with Crippen LogP contribution in [0.4, 0.5) is 11.4 Å². The van der Waals surface area contributed by atoms with Gasteiger partial charge in [-0.25, -0.2) is 0 Å². The van der Waals surface area contributed by atoms with Crippen molar-refractivity contribution in [2.45, 2.75) is 32.7 Å². The number of anilines is 2. The van der Waals surface area contributed by atoms with Crippen LogP contribution >= 0.6 is 0 Å². The standard InChI is InChI=1S/C13H21N3O2/c1-4-5-18-11-7-9(14)6-10(8-11)16-13(2,3)12(15)17/h6-8,16H,4-5,14H2,1-3H3,(H2,15,17). The zero-order chi connectivity index (χ0) is 13.8. The van der Waals surface area contributed by atoms with Crippen LogP contribution in [0.25, 0.3) is 0 Å². The van der Waals surface area contributed by atoms with Crippen LogP contribution in [0.3, 0.4) is 0 Å². The Hall–Kier alpha value is -1.91. The monoisotopic (exact) mass is 251 g/mol. The highest BCUT2D eigenvalue weighted by Crippen LogP contribution is 2.25. The number of nitrogen functional groups attached to an aromatic ring is 1. The van der Waals surface area contributed by atoms with Gasteiger partial charge in [-0.2, -0.15) is 0 Å². The average molecular weight is 251 g/mol. The van der Waals surface area contributed by atoms with Crippen LogP contribution in [0.1, 0.15) is 27.2 Å². The number of hydrogen-bond acceptors (Lipinski definition) is 4. The molecular weight excluding hydrogens is 230 g/mol. The average Bonchev–Trinajstić information content (AvgIpc) is 2.24. The first-order chi connectivity index (χ1) is 8.35. The maximum absolute atomic E-state index is 11.3. The van der Waals surface area contributed by atoms with Gasteiger partial charge in [0.05, 0.1) is 6.61 Å². The summed E-state index contributed by atoms with van der Waals surface area (Å²) in [4.78, 5) is 11.3. The zero-order valence-electron chi connectivity index (χ0n) is 11.1. The summed E-state index contributed by atoms with van der Waals surface area (Å²) in [5.74, 6) is 0.251. The quantitative estimate of drug-likeness (QED) is 0.672. The lowest BCUT2D eigenvalue weighted by atomic mass is 10.0. The van der Waals surface area contributed by atoms with Gasteiger partial charge in [0.25, 0.3) is 0 Å². The van der Waals surface area contributed by atoms with Crippen molar-refractivity contribution in [3.8, 4) is 5.75 Å². The van der Waals surface area contributed by atoms with Crippen molar-refractivity contribution in [1.82, 2.24) is 0 Å². The molecule has 1 aromatic rings. The van der Waals surface area contributed by atoms with Crippen LogP contribution in [-0.2, 0) is 4.79 Å². The first-order valence-electron chi connectivity index (χ1n) is 5.96. The highest BCUT2D eigenvalue weighted by atomic mass is 16.5. The van der Waals surface area contributed by atoms with Gasteiger partial charge in [0.2, 0.25) is 5.91 Å². The van der Waals surface area contributed by atoms with E-state index in [1.165, 1.54) is 0 Å². The molecule has 5 heteroatoms. The number of amides is 1. The van der Waals surface area contributed by atoms with Gasteiger partial charge in [-0.1, -0.05) is 6.92 Å². The molecule has 0 spiro atoms. The molecule has 0 heterocycles. The van der Waals surface area contributed by atoms with E-state index < -0.39 is 11.4 Å². The van der Waals surface area contributed by atoms with Crippen LogP contribution in [-0.4, -0.2) is 18.1 Å². The summed E-state index contributed by atoms with van der Waals surface area (Å²) in [5, 5.41) is 3.04. The summed E-state index contributed by atoms with van der Waals surface area (Å²) in [6.07, 6.45) is 0.921. The molecule has 0 bridgehead atoms. The summed E-state index contributed by atoms with van der Waals surface area (Å²) in [7, 11) is 0. The molecule has 0 saturated carbocycles. The second kappa shape index (κ2) is 5.62. The van der Waals surface area contributed by atoms with Gasteiger partial charge in [-0.3, -0.25) is 4.79 Å². The maximum atomic E-state index is 11.3. The highest BCUT2D eigenvalue weighted by molar-refractivity contribution is 5.87. The third-order valence-corrected chi connectivity index (χ3v) is 2.47. The van der Waals surface area contributed by atoms with E-state index in [1.54, 1.807) is 32.0 Å². The fourth-order valence-electron chi connectivity index (χ4n) is 1.42. The molecule has 0 atom stereocenters. The van der Waals surface area contributed by atoms with Gasteiger partial charge >= 0.3 is 0 Å². The largest absolute Gasteiger partial charge is 0.493 e. The summed E-state index contributed by atoms with van der Waals surface area (Å²) >= 11 is 0. The lowest BCUT2D eigenvalue weighted by Crippen LogP contribution is -2.45. The van der Waals surface area contributed by atoms with E-state index in [9.17, 15) is 4.79 Å². The molecule has 0 radical (unpaired) electrons. The number of rotatable bonds is 6. The second-order valence-electron chi connectivity index (χ2n) is 4.75. The number of benzene rings is 1. The van der Waals surface area contributed by atoms with Gasteiger partial charge in [0, 0.05) is 23.5 Å². The van der Waals surface area contributed by atoms with Gasteiger partial charge in [-0.05, 0) is 26.3 Å². The lowest BCUT2D eigenvalue weighted by Gasteiger charge is -2.24. The van der Waals surface area contributed by atoms with E-state index in [0.717, 1.165) is 6.42 Å². The normalized spacial score (nSPS) is 11.1. The molecule has 1 amide bonds. The molecule has 1 rings (SSSR count). The van der Waals surface area contributed by atoms with Gasteiger partial charge in [0.15, 0.2) is 0 Å². The van der Waals surface area contributed by atoms with E-state index in [0.29, 0.717) is 23.7 Å². The Morgan fingerprint density at radius 3 is 2.61 bits per heavy atom. The van der Waals surface area contributed by atoms with Gasteiger partial charge in [0.1, 0.15) is 11.3 Å². The van der Waals surface area contributed by atoms with Crippen molar-refractivity contribution in [3.05, 3.63) is 18.2 Å². The molecule has 0 aromatic heterocycles. The molecule has 0 unspecified atom stereocenters. The summed E-state index contributed by atoms with van der Waals surface area (Å²) in [6, 6.07) is 5.29. The Morgan fingerprint density at radius 2 is 2.06 bits per heavy atom. The minimum absolute atomic E-state index is 0.430. The molecule has 0 aliphatic rings. The highest BCUT2D eigenvalue weighted by Gasteiger charge is 2.24. The first-order valence-corrected chi connectivity index (χ1v) is 5.96. The second-order valence-corrected chi connectivity index (χ2v) is 4.75. The lowest BCUT2D eigenvalue weighted by molar-refractivity contribution is -0.121. The first kappa shape index (κ1) is 14.2. The number of hydrogen-bond donors (Lipinski definition) is 3. The van der Waals surface area contributed by atoms with Crippen LogP contribution < -0.4 is 21.5 Å². The number of carbonyl (C=O) groups is 1. The number of ether oxygens (including phenoxy) is 1. The van der Waals surface area contributed by atoms with Crippen LogP contribution in [0.2, 0.25) is 0 Å². The van der Waals surface area contributed by atoms with Crippen LogP contribution in [0.5, 0.6) is 5.75 Å². The van der Waals surface area contributed by atoms with Crippen molar-refractivity contribution >= 4 is 17.3 Å². The van der Waals surface area contributed by atoms with E-state index in [4.69, 9.17) is 16.2 Å². The Morgan fingerprint density at radius 1 is 1.39 bits per heavy atom. The van der Waals surface area contributed by atoms with E-state index in [2.05, 4.69) is 5.32 Å². The zero-order valence-corrected chi connectivity index (χ0v) is 11.1. The third-order valence-electron chi connectivity index (χ3n) is 2.47. The summed E-state index contributed by atoms with van der Waals surface area (Å²) < 4.78 is 5.52. The Balaban J connectivity index is 2.89. The SMILES string of the molecule is CCCOc1cc(N)cc(NC(C)(C)C(N)=O)c1. The van der Waals surface area contributed by atoms with Gasteiger partial charge < -0.3 is 21.5 Å². The molecule has 100 valence electrons. The number of nitrogens with two attached hydrogens (primary N) is 2. The summed E-state index contributed by atoms with van der Waals surface area (Å²) in [6.45, 7) is 6.08. The summed E-state index contributed by atoms with van der Waals surface area (Å²) in [5.41, 5.74) is 11.6. The van der Waals surface area contributed by atoms with E-state index in [-0.39, 0.29) is 0 Å². The molecule has 0 aliphatic carbocycles. The Bertz CT molecular complexity index is 430. The smallest absolute Gasteiger partial charge is 0.242 e. The topological polar surface area (TPSA) is 90.4 Å². The van der Waals surface area contributed by atoms with Crippen molar-refractivity contribution in [2.75, 3.05) is 17.7 Å². The molecule has 5 nitrogen and oxygen atoms in total. The van der Waals surface area contributed by atoms with Crippen molar-refractivity contribution in [2.24, 2.45) is 5.73 Å². The van der Waals surface area contributed by atoms with Crippen LogP contribution in [0.15, 0.2) is 18.2 Å². The Kier molecular flexibility index (Phi) is 4.42. The number of nitrogens with one attached hydrogen (secondary N) is 1. The molecule has 5 N–H and O–H groups in total. The molecular formula is C13H21N3O2.